The third-order valence-electron chi connectivity index (χ3n) is 26.4. The number of benzene rings is 2. The minimum Gasteiger partial charge on any atom is -0.497 e. The minimum atomic E-state index is -1.45. The number of hydrogen-bond donors (Lipinski definition) is 4. The van der Waals surface area contributed by atoms with Crippen molar-refractivity contribution in [2.45, 2.75) is 320 Å². The number of rotatable bonds is 40. The molecular weight excluding hydrogens is 1550 g/mol. The molecule has 0 unspecified atom stereocenters. The van der Waals surface area contributed by atoms with Gasteiger partial charge in [-0.25, -0.2) is 19.2 Å². The van der Waals surface area contributed by atoms with Gasteiger partial charge in [0.2, 0.25) is 23.6 Å². The molecule has 4 aliphatic rings. The summed E-state index contributed by atoms with van der Waals surface area (Å²) in [6, 6.07) is 11.5. The zero-order valence-corrected chi connectivity index (χ0v) is 76.6. The lowest BCUT2D eigenvalue weighted by atomic mass is 9.43. The number of ether oxygens (including phenoxy) is 9. The molecule has 2 heterocycles. The summed E-state index contributed by atoms with van der Waals surface area (Å²) in [5, 5.41) is 29.7. The second-order valence-electron chi connectivity index (χ2n) is 38.6. The van der Waals surface area contributed by atoms with E-state index in [4.69, 9.17) is 42.6 Å². The lowest BCUT2D eigenvalue weighted by Gasteiger charge is -2.62. The Balaban J connectivity index is 0.878. The largest absolute Gasteiger partial charge is 0.497 e. The number of carbonyl (C=O) groups excluding carboxylic acids is 9. The highest BCUT2D eigenvalue weighted by atomic mass is 16.6. The molecule has 674 valence electrons. The predicted molar refractivity (Wildman–Crippen MR) is 454 cm³/mol. The van der Waals surface area contributed by atoms with Crippen LogP contribution in [-0.2, 0) is 106 Å². The van der Waals surface area contributed by atoms with Gasteiger partial charge < -0.3 is 73.7 Å². The number of fused-ring (bicyclic) bond motifs is 5. The third kappa shape index (κ3) is 25.4. The molecule has 16 atom stereocenters. The number of carbonyl (C=O) groups is 9. The molecule has 2 aromatic carbocycles. The van der Waals surface area contributed by atoms with E-state index in [9.17, 15) is 43.2 Å². The standard InChI is InChI=1S/C91H142N12O18/c1-25-57(7)72(92-82(109)88(16,17)102(45-60-28-33-65(113-22)34-29-60)80(107)78(55(3)4)94-84(111)120-86(10,11)12)49-100-47-63(96-98-100)51-116-53-76(105)118-67-41-42-90(20)62(43-67)32-37-68-70-39-38-69(59(9)27-40-75(104)115-24)91(70,21)74(44-71(68)90)119-77(106)54-117-52-64-48-101(99-97-64)50-73(58(8)26-2)93-83(110)89(18,19)103(46-61-30-35-66(114-23)36-31-61)81(108)79(56(5)6)95-85(112)121-87(13,14)15/h28-31,33-36,47-48,55-59,62,67-74,78-79H,25-27,32,37-46,49-54H2,1-24H3,(H,92,109)(H,93,110)(H,94,111)(H,95,112)/t57-,58-,59+,62+,67+,68-,69+,70-,71-,72+,73+,74-,78-,79-,90-,91+/m0/s1. The molecule has 30 heteroatoms. The van der Waals surface area contributed by atoms with Crippen LogP contribution in [0.25, 0.3) is 0 Å². The smallest absolute Gasteiger partial charge is 0.408 e. The fourth-order valence-electron chi connectivity index (χ4n) is 18.7. The van der Waals surface area contributed by atoms with Crippen molar-refractivity contribution >= 4 is 53.7 Å². The van der Waals surface area contributed by atoms with Crippen molar-refractivity contribution in [2.75, 3.05) is 34.5 Å². The lowest BCUT2D eigenvalue weighted by Crippen LogP contribution is -2.63. The average Bonchev–Trinajstić information content (AvgIpc) is 1.63. The first-order valence-electron chi connectivity index (χ1n) is 43.7. The Bertz CT molecular complexity index is 4110. The molecule has 4 N–H and O–H groups in total. The Morgan fingerprint density at radius 1 is 0.545 bits per heavy atom. The van der Waals surface area contributed by atoms with E-state index in [-0.39, 0.29) is 123 Å². The van der Waals surface area contributed by atoms with Gasteiger partial charge in [-0.2, -0.15) is 0 Å². The van der Waals surface area contributed by atoms with E-state index in [2.05, 4.69) is 62.7 Å². The van der Waals surface area contributed by atoms with Gasteiger partial charge in [-0.05, 0) is 227 Å². The van der Waals surface area contributed by atoms with Crippen LogP contribution in [0.5, 0.6) is 11.5 Å². The van der Waals surface area contributed by atoms with Crippen LogP contribution in [-0.4, -0.2) is 187 Å². The number of methoxy groups -OCH3 is 3. The monoisotopic (exact) mass is 1690 g/mol. The van der Waals surface area contributed by atoms with Gasteiger partial charge in [-0.3, -0.25) is 33.3 Å². The van der Waals surface area contributed by atoms with Crippen molar-refractivity contribution in [2.24, 2.45) is 70.0 Å². The molecule has 0 saturated heterocycles. The number of nitrogens with one attached hydrogen (secondary N) is 4. The summed E-state index contributed by atoms with van der Waals surface area (Å²) in [4.78, 5) is 129. The summed E-state index contributed by atoms with van der Waals surface area (Å²) in [5.74, 6) is -1.16. The van der Waals surface area contributed by atoms with E-state index in [1.54, 1.807) is 129 Å². The van der Waals surface area contributed by atoms with E-state index in [0.29, 0.717) is 73.8 Å². The Labute approximate surface area is 717 Å². The molecule has 4 saturated carbocycles. The molecule has 0 radical (unpaired) electrons. The predicted octanol–water partition coefficient (Wildman–Crippen LogP) is 13.1. The molecule has 4 fully saturated rings. The van der Waals surface area contributed by atoms with E-state index in [1.165, 1.54) is 16.9 Å². The van der Waals surface area contributed by atoms with Gasteiger partial charge in [0.15, 0.2) is 0 Å². The van der Waals surface area contributed by atoms with Crippen LogP contribution in [0.4, 0.5) is 9.59 Å². The maximum atomic E-state index is 14.9. The average molecular weight is 1690 g/mol. The van der Waals surface area contributed by atoms with Crippen LogP contribution in [0, 0.1) is 70.0 Å². The summed E-state index contributed by atoms with van der Waals surface area (Å²) in [5.41, 5.74) is -2.64. The molecule has 4 aromatic rings. The third-order valence-corrected chi connectivity index (χ3v) is 26.4. The minimum absolute atomic E-state index is 0.0238. The second-order valence-corrected chi connectivity index (χ2v) is 38.6. The summed E-state index contributed by atoms with van der Waals surface area (Å²) in [6.45, 7) is 39.4. The van der Waals surface area contributed by atoms with Gasteiger partial charge in [-0.15, -0.1) is 10.2 Å². The zero-order chi connectivity index (χ0) is 89.4. The zero-order valence-electron chi connectivity index (χ0n) is 76.6. The fourth-order valence-corrected chi connectivity index (χ4v) is 18.7. The molecule has 6 amide bonds. The second kappa shape index (κ2) is 42.0. The highest BCUT2D eigenvalue weighted by Gasteiger charge is 2.65. The first-order chi connectivity index (χ1) is 56.8. The van der Waals surface area contributed by atoms with E-state index in [1.807, 2.05) is 79.7 Å². The van der Waals surface area contributed by atoms with Crippen LogP contribution in [0.15, 0.2) is 60.9 Å². The van der Waals surface area contributed by atoms with Crippen molar-refractivity contribution in [1.29, 1.82) is 0 Å². The van der Waals surface area contributed by atoms with Crippen molar-refractivity contribution in [1.82, 2.24) is 61.1 Å². The van der Waals surface area contributed by atoms with Gasteiger partial charge in [0.1, 0.15) is 82.7 Å². The molecular formula is C91H142N12O18. The molecule has 0 spiro atoms. The maximum Gasteiger partial charge on any atom is 0.408 e. The first-order valence-corrected chi connectivity index (χ1v) is 43.7. The SMILES string of the molecule is CC[C@H](C)[C@@H](Cn1cc(COCC(=O)O[C@@H]2CC[C@@]3(C)[C@H](CC[C@@H]4[C@@H]3C[C@H](OC(=O)COCc3cn(C[C@@H](NC(=O)C(C)(C)N(Cc5ccc(OC)cc5)C(=O)[C@@H](NC(=O)OC(C)(C)C)C(C)C)[C@@H](C)CC)nn3)[C@]3(C)[C@@H]([C@H](C)CCC(=O)OC)CC[C@@H]43)C2)nn1)NC(=O)C(C)(C)N(Cc1ccc(OC)cc1)C(=O)[C@@H](NC(=O)OC(C)(C)C)C(C)C. The highest BCUT2D eigenvalue weighted by molar-refractivity contribution is 5.95. The fraction of sp³-hybridized carbons (Fsp3) is 0.725. The van der Waals surface area contributed by atoms with Gasteiger partial charge >= 0.3 is 30.1 Å². The molecule has 0 bridgehead atoms. The summed E-state index contributed by atoms with van der Waals surface area (Å²) in [7, 11) is 4.55. The van der Waals surface area contributed by atoms with E-state index >= 15 is 0 Å². The van der Waals surface area contributed by atoms with Crippen LogP contribution >= 0.6 is 0 Å². The highest BCUT2D eigenvalue weighted by Crippen LogP contribution is 2.69. The van der Waals surface area contributed by atoms with Crippen molar-refractivity contribution < 1.29 is 85.8 Å². The Hall–Kier alpha value is -8.93. The number of aromatic nitrogens is 6. The first kappa shape index (κ1) is 97.5. The van der Waals surface area contributed by atoms with E-state index in [0.717, 1.165) is 43.2 Å². The van der Waals surface area contributed by atoms with Crippen molar-refractivity contribution in [3.8, 4) is 11.5 Å². The van der Waals surface area contributed by atoms with Gasteiger partial charge in [0.25, 0.3) is 0 Å². The number of hydrogen-bond acceptors (Lipinski definition) is 22. The summed E-state index contributed by atoms with van der Waals surface area (Å²) < 4.78 is 55.4. The van der Waals surface area contributed by atoms with Crippen LogP contribution in [0.1, 0.15) is 245 Å². The Morgan fingerprint density at radius 3 is 1.40 bits per heavy atom. The lowest BCUT2D eigenvalue weighted by molar-refractivity contribution is -0.202. The van der Waals surface area contributed by atoms with E-state index < -0.39 is 106 Å². The van der Waals surface area contributed by atoms with Crippen LogP contribution in [0.2, 0.25) is 0 Å². The molecule has 121 heavy (non-hydrogen) atoms. The molecule has 2 aromatic heterocycles. The molecule has 0 aliphatic heterocycles. The molecule has 4 aliphatic carbocycles. The van der Waals surface area contributed by atoms with Crippen LogP contribution in [0.3, 0.4) is 0 Å². The number of alkyl carbamates (subject to hydrolysis) is 2. The Morgan fingerprint density at radius 2 is 0.992 bits per heavy atom. The number of nitrogens with zero attached hydrogens (tertiary/aromatic N) is 8. The Kier molecular flexibility index (Phi) is 33.8. The number of esters is 3. The molecule has 8 rings (SSSR count). The maximum absolute atomic E-state index is 14.9. The molecule has 30 nitrogen and oxygen atoms in total. The van der Waals surface area contributed by atoms with Gasteiger partial charge in [0, 0.05) is 24.9 Å². The summed E-state index contributed by atoms with van der Waals surface area (Å²) >= 11 is 0. The quantitative estimate of drug-likeness (QED) is 0.0237. The summed E-state index contributed by atoms with van der Waals surface area (Å²) in [6.07, 6.45) is 10.3. The number of amides is 6. The van der Waals surface area contributed by atoms with Gasteiger partial charge in [0.05, 0.1) is 72.1 Å². The van der Waals surface area contributed by atoms with Gasteiger partial charge in [-0.1, -0.05) is 124 Å². The van der Waals surface area contributed by atoms with Crippen molar-refractivity contribution in [3.05, 3.63) is 83.4 Å². The normalized spacial score (nSPS) is 22.8. The van der Waals surface area contributed by atoms with Crippen LogP contribution < -0.4 is 30.7 Å². The van der Waals surface area contributed by atoms with Crippen molar-refractivity contribution in [3.63, 3.8) is 0 Å². The topological polar surface area (TPSA) is 353 Å².